The fraction of sp³-hybridized carbons (Fsp3) is 0. The predicted molar refractivity (Wildman–Crippen MR) is 25.8 cm³/mol. The topological polar surface area (TPSA) is 253 Å². The normalized spacial score (nSPS) is 5.05. The molecule has 0 bridgehead atoms. The molecule has 12 nitrogen and oxygen atoms in total. The fourth-order valence-corrected chi connectivity index (χ4v) is 0. The summed E-state index contributed by atoms with van der Waals surface area (Å²) in [5, 5.41) is 0. The molecule has 0 N–H and O–H groups in total. The summed E-state index contributed by atoms with van der Waals surface area (Å²) < 4.78 is 34.1. The van der Waals surface area contributed by atoms with E-state index < -0.39 is 36.7 Å². The predicted octanol–water partition coefficient (Wildman–Crippen LogP) is -11.5. The van der Waals surface area contributed by atoms with Gasteiger partial charge < -0.3 is 56.2 Å². The zero-order chi connectivity index (χ0) is 14.3. The van der Waals surface area contributed by atoms with Crippen molar-refractivity contribution < 1.29 is 106 Å². The Kier molecular flexibility index (Phi) is 81.3. The maximum Gasteiger partial charge on any atom is 0.0172 e. The Morgan fingerprint density at radius 2 is 0.368 bits per heavy atom. The summed E-state index contributed by atoms with van der Waals surface area (Å²) in [5.41, 5.74) is 0. The Balaban J connectivity index is -0.0000000192. The Bertz CT molecular complexity index is 165. The molecule has 0 spiro atoms. The third-order valence-corrected chi connectivity index (χ3v) is 0. The fourth-order valence-electron chi connectivity index (χ4n) is 0. The van der Waals surface area contributed by atoms with Crippen molar-refractivity contribution in [1.82, 2.24) is 0 Å². The van der Waals surface area contributed by atoms with Gasteiger partial charge in [-0.2, -0.15) is 0 Å². The van der Waals surface area contributed by atoms with E-state index in [1.54, 1.807) is 0 Å². The van der Waals surface area contributed by atoms with E-state index in [9.17, 15) is 0 Å². The first-order valence-corrected chi connectivity index (χ1v) is 7.35. The van der Waals surface area contributed by atoms with Crippen LogP contribution in [0.15, 0.2) is 0 Å². The van der Waals surface area contributed by atoms with Crippen molar-refractivity contribution in [3.05, 3.63) is 0 Å². The molecule has 0 amide bonds. The van der Waals surface area contributed by atoms with E-state index in [0.29, 0.717) is 0 Å². The first kappa shape index (κ1) is 42.8. The van der Waals surface area contributed by atoms with Crippen LogP contribution in [0.25, 0.3) is 0 Å². The zero-order valence-electron chi connectivity index (χ0n) is 7.85. The molecule has 126 valence electrons. The van der Waals surface area contributed by atoms with E-state index in [2.05, 4.69) is 0 Å². The van der Waals surface area contributed by atoms with Gasteiger partial charge >= 0.3 is 0 Å². The van der Waals surface area contributed by atoms with Gasteiger partial charge in [0, 0.05) is 86.2 Å². The monoisotopic (exact) mass is 478 g/mol. The van der Waals surface area contributed by atoms with Crippen molar-refractivity contribution in [2.75, 3.05) is 0 Å². The molecule has 0 aliphatic carbocycles. The SMILES string of the molecule is O=[Si]([O-])[O-].O=[Si]([O-])[O-].O=[Si]([O-])[O-].O=[Si]([O-])[O-].[Ni].[Ni].[Ni]. The van der Waals surface area contributed by atoms with Gasteiger partial charge in [0.25, 0.3) is 0 Å². The van der Waals surface area contributed by atoms with E-state index in [4.69, 9.17) is 56.2 Å². The summed E-state index contributed by atoms with van der Waals surface area (Å²) in [5.74, 6) is 0. The van der Waals surface area contributed by atoms with Crippen LogP contribution < -0.4 is 38.4 Å². The minimum Gasteiger partial charge on any atom is -0.672 e. The molecule has 0 atom stereocenters. The van der Waals surface area contributed by atoms with Crippen molar-refractivity contribution >= 4 is 36.7 Å². The Hall–Kier alpha value is -0.0519. The van der Waals surface area contributed by atoms with Gasteiger partial charge in [-0.05, 0) is 0 Å². The second-order valence-electron chi connectivity index (χ2n) is 1.00. The molecule has 19 heteroatoms. The van der Waals surface area contributed by atoms with Gasteiger partial charge in [-0.15, -0.1) is 0 Å². The Labute approximate surface area is 142 Å². The molecule has 0 fully saturated rings. The molecule has 0 radical (unpaired) electrons. The van der Waals surface area contributed by atoms with Gasteiger partial charge in [0.05, 0.1) is 0 Å². The maximum absolute atomic E-state index is 8.52. The molecule has 0 unspecified atom stereocenters. The standard InChI is InChI=1S/3Ni.4O3Si/c;;;4*1-4(2)3/q;;;4*-2. The molecule has 0 heterocycles. The van der Waals surface area contributed by atoms with Crippen LogP contribution in [0.2, 0.25) is 0 Å². The molecule has 19 heavy (non-hydrogen) atoms. The second kappa shape index (κ2) is 36.1. The molecule has 0 rings (SSSR count). The van der Waals surface area contributed by atoms with Gasteiger partial charge in [-0.25, -0.2) is 0 Å². The number of hydrogen-bond donors (Lipinski definition) is 0. The van der Waals surface area contributed by atoms with Crippen LogP contribution in [0, 0.1) is 0 Å². The molecule has 0 aliphatic rings. The van der Waals surface area contributed by atoms with Crippen LogP contribution in [-0.2, 0) is 67.3 Å². The molecule has 0 aromatic heterocycles. The molecule has 0 saturated carbocycles. The average molecular weight is 480 g/mol. The van der Waals surface area contributed by atoms with Crippen LogP contribution in [0.3, 0.4) is 0 Å². The minimum absolute atomic E-state index is 0. The van der Waals surface area contributed by atoms with Gasteiger partial charge in [0.1, 0.15) is 0 Å². The second-order valence-corrected chi connectivity index (χ2v) is 3.00. The van der Waals surface area contributed by atoms with Gasteiger partial charge in [0.2, 0.25) is 0 Å². The van der Waals surface area contributed by atoms with Gasteiger partial charge in [-0.3, -0.25) is 0 Å². The minimum atomic E-state index is -3.63. The first-order chi connectivity index (χ1) is 6.93. The largest absolute Gasteiger partial charge is 0.672 e. The average Bonchev–Trinajstić information content (AvgIpc) is 1.76. The van der Waals surface area contributed by atoms with Crippen LogP contribution in [-0.4, -0.2) is 36.7 Å². The Morgan fingerprint density at radius 1 is 0.368 bits per heavy atom. The summed E-state index contributed by atoms with van der Waals surface area (Å²) >= 11 is 0. The van der Waals surface area contributed by atoms with Crippen molar-refractivity contribution in [3.63, 3.8) is 0 Å². The van der Waals surface area contributed by atoms with E-state index in [1.807, 2.05) is 0 Å². The number of hydrogen-bond acceptors (Lipinski definition) is 12. The summed E-state index contributed by atoms with van der Waals surface area (Å²) in [6, 6.07) is 0. The van der Waals surface area contributed by atoms with Crippen molar-refractivity contribution in [1.29, 1.82) is 0 Å². The number of rotatable bonds is 0. The molecule has 0 saturated heterocycles. The summed E-state index contributed by atoms with van der Waals surface area (Å²) in [4.78, 5) is 68.1. The van der Waals surface area contributed by atoms with E-state index in [-0.39, 0.29) is 49.5 Å². The van der Waals surface area contributed by atoms with Crippen LogP contribution >= 0.6 is 0 Å². The smallest absolute Gasteiger partial charge is 0.0172 e. The van der Waals surface area contributed by atoms with Crippen molar-refractivity contribution in [2.24, 2.45) is 0 Å². The van der Waals surface area contributed by atoms with E-state index in [0.717, 1.165) is 0 Å². The third kappa shape index (κ3) is 1690000. The summed E-state index contributed by atoms with van der Waals surface area (Å²) in [6.07, 6.45) is 0. The van der Waals surface area contributed by atoms with Crippen LogP contribution in [0.5, 0.6) is 0 Å². The van der Waals surface area contributed by atoms with Crippen molar-refractivity contribution in [2.45, 2.75) is 0 Å². The van der Waals surface area contributed by atoms with Gasteiger partial charge in [-0.1, -0.05) is 0 Å². The summed E-state index contributed by atoms with van der Waals surface area (Å²) in [7, 11) is -14.5. The third-order valence-electron chi connectivity index (χ3n) is 0. The molecule has 0 aromatic carbocycles. The van der Waals surface area contributed by atoms with Crippen LogP contribution in [0.1, 0.15) is 0 Å². The Morgan fingerprint density at radius 3 is 0.368 bits per heavy atom. The van der Waals surface area contributed by atoms with Crippen molar-refractivity contribution in [3.8, 4) is 0 Å². The zero-order valence-corrected chi connectivity index (χ0v) is 14.8. The molecular formula is Ni3O12Si4-8. The molecule has 0 aromatic rings. The quantitative estimate of drug-likeness (QED) is 0.293. The first-order valence-electron chi connectivity index (χ1n) is 2.45. The molecular weight excluding hydrogens is 480 g/mol. The van der Waals surface area contributed by atoms with E-state index in [1.165, 1.54) is 0 Å². The summed E-state index contributed by atoms with van der Waals surface area (Å²) in [6.45, 7) is 0. The molecule has 0 aliphatic heterocycles. The maximum atomic E-state index is 8.52. The van der Waals surface area contributed by atoms with E-state index >= 15 is 0 Å². The van der Waals surface area contributed by atoms with Gasteiger partial charge in [0.15, 0.2) is 0 Å². The van der Waals surface area contributed by atoms with Crippen LogP contribution in [0.4, 0.5) is 0 Å².